The van der Waals surface area contributed by atoms with Gasteiger partial charge in [0.05, 0.1) is 5.60 Å². The maximum absolute atomic E-state index is 10.7. The first-order chi connectivity index (χ1) is 6.87. The summed E-state index contributed by atoms with van der Waals surface area (Å²) in [6, 6.07) is 0. The minimum atomic E-state index is -0.415. The van der Waals surface area contributed by atoms with Crippen molar-refractivity contribution in [2.45, 2.75) is 65.4 Å². The van der Waals surface area contributed by atoms with E-state index in [4.69, 9.17) is 0 Å². The van der Waals surface area contributed by atoms with Gasteiger partial charge in [-0.05, 0) is 55.8 Å². The highest BCUT2D eigenvalue weighted by atomic mass is 16.3. The van der Waals surface area contributed by atoms with Crippen molar-refractivity contribution in [3.63, 3.8) is 0 Å². The molecule has 2 saturated carbocycles. The molecule has 0 aromatic heterocycles. The highest BCUT2D eigenvalue weighted by molar-refractivity contribution is 5.06. The standard InChI is InChI=1S/C14H26O/c1-10-5-6-12(9-11(10)2)14(4,15)13(3)7-8-13/h10-12,15H,5-9H2,1-4H3. The molecule has 1 nitrogen and oxygen atoms in total. The van der Waals surface area contributed by atoms with Gasteiger partial charge in [-0.15, -0.1) is 0 Å². The van der Waals surface area contributed by atoms with E-state index in [1.165, 1.54) is 32.1 Å². The molecule has 0 amide bonds. The van der Waals surface area contributed by atoms with Crippen LogP contribution < -0.4 is 0 Å². The summed E-state index contributed by atoms with van der Waals surface area (Å²) < 4.78 is 0. The summed E-state index contributed by atoms with van der Waals surface area (Å²) in [5.41, 5.74) is -0.181. The number of hydrogen-bond acceptors (Lipinski definition) is 1. The van der Waals surface area contributed by atoms with Crippen molar-refractivity contribution in [2.24, 2.45) is 23.2 Å². The van der Waals surface area contributed by atoms with Gasteiger partial charge in [-0.2, -0.15) is 0 Å². The maximum atomic E-state index is 10.7. The molecule has 4 atom stereocenters. The molecule has 0 aliphatic heterocycles. The monoisotopic (exact) mass is 210 g/mol. The Hall–Kier alpha value is -0.0400. The Labute approximate surface area is 94.3 Å². The molecule has 0 spiro atoms. The average molecular weight is 210 g/mol. The highest BCUT2D eigenvalue weighted by Gasteiger charge is 2.56. The third-order valence-electron chi connectivity index (χ3n) is 5.62. The van der Waals surface area contributed by atoms with Crippen molar-refractivity contribution >= 4 is 0 Å². The van der Waals surface area contributed by atoms with Crippen LogP contribution in [0.3, 0.4) is 0 Å². The molecule has 0 bridgehead atoms. The zero-order chi connectivity index (χ0) is 11.3. The summed E-state index contributed by atoms with van der Waals surface area (Å²) in [4.78, 5) is 0. The SMILES string of the molecule is CC1CCC(C(C)(O)C2(C)CC2)CC1C. The van der Waals surface area contributed by atoms with Crippen molar-refractivity contribution in [2.75, 3.05) is 0 Å². The fourth-order valence-electron chi connectivity index (χ4n) is 3.24. The summed E-state index contributed by atoms with van der Waals surface area (Å²) in [5, 5.41) is 10.7. The summed E-state index contributed by atoms with van der Waals surface area (Å²) in [6.45, 7) is 9.06. The first kappa shape index (κ1) is 11.4. The zero-order valence-electron chi connectivity index (χ0n) is 10.7. The fourth-order valence-corrected chi connectivity index (χ4v) is 3.24. The summed E-state index contributed by atoms with van der Waals surface area (Å²) in [5.74, 6) is 2.18. The van der Waals surface area contributed by atoms with Gasteiger partial charge in [0.2, 0.25) is 0 Å². The van der Waals surface area contributed by atoms with Crippen LogP contribution in [0.1, 0.15) is 59.8 Å². The molecule has 0 radical (unpaired) electrons. The molecule has 4 unspecified atom stereocenters. The summed E-state index contributed by atoms with van der Waals surface area (Å²) in [6.07, 6.45) is 6.21. The Kier molecular flexibility index (Phi) is 2.65. The second-order valence-corrected chi connectivity index (χ2v) is 6.67. The van der Waals surface area contributed by atoms with E-state index >= 15 is 0 Å². The van der Waals surface area contributed by atoms with E-state index in [2.05, 4.69) is 27.7 Å². The van der Waals surface area contributed by atoms with Crippen LogP contribution in [-0.4, -0.2) is 10.7 Å². The van der Waals surface area contributed by atoms with Crippen molar-refractivity contribution < 1.29 is 5.11 Å². The molecule has 0 aromatic carbocycles. The van der Waals surface area contributed by atoms with Gasteiger partial charge in [-0.3, -0.25) is 0 Å². The summed E-state index contributed by atoms with van der Waals surface area (Å²) in [7, 11) is 0. The van der Waals surface area contributed by atoms with E-state index < -0.39 is 5.60 Å². The molecule has 88 valence electrons. The van der Waals surface area contributed by atoms with Crippen LogP contribution in [-0.2, 0) is 0 Å². The van der Waals surface area contributed by atoms with Gasteiger partial charge in [-0.1, -0.05) is 27.2 Å². The Balaban J connectivity index is 2.05. The molecule has 0 aromatic rings. The lowest BCUT2D eigenvalue weighted by molar-refractivity contribution is -0.0827. The van der Waals surface area contributed by atoms with E-state index in [1.54, 1.807) is 0 Å². The predicted octanol–water partition coefficient (Wildman–Crippen LogP) is 3.61. The lowest BCUT2D eigenvalue weighted by Crippen LogP contribution is -2.45. The van der Waals surface area contributed by atoms with Crippen molar-refractivity contribution in [1.29, 1.82) is 0 Å². The number of hydrogen-bond donors (Lipinski definition) is 1. The van der Waals surface area contributed by atoms with E-state index in [0.29, 0.717) is 5.92 Å². The van der Waals surface area contributed by atoms with Crippen LogP contribution in [0.2, 0.25) is 0 Å². The zero-order valence-corrected chi connectivity index (χ0v) is 10.7. The molecular weight excluding hydrogens is 184 g/mol. The molecule has 2 rings (SSSR count). The molecular formula is C14H26O. The topological polar surface area (TPSA) is 20.2 Å². The van der Waals surface area contributed by atoms with Crippen molar-refractivity contribution in [1.82, 2.24) is 0 Å². The van der Waals surface area contributed by atoms with Gasteiger partial charge >= 0.3 is 0 Å². The molecule has 1 heteroatoms. The quantitative estimate of drug-likeness (QED) is 0.738. The molecule has 15 heavy (non-hydrogen) atoms. The average Bonchev–Trinajstić information content (AvgIpc) is 2.90. The predicted molar refractivity (Wildman–Crippen MR) is 63.6 cm³/mol. The van der Waals surface area contributed by atoms with Crippen LogP contribution in [0.25, 0.3) is 0 Å². The highest BCUT2D eigenvalue weighted by Crippen LogP contribution is 2.58. The van der Waals surface area contributed by atoms with Gasteiger partial charge in [0.25, 0.3) is 0 Å². The Bertz CT molecular complexity index is 240. The minimum absolute atomic E-state index is 0.234. The van der Waals surface area contributed by atoms with Gasteiger partial charge in [0, 0.05) is 0 Å². The van der Waals surface area contributed by atoms with Crippen LogP contribution in [0.15, 0.2) is 0 Å². The van der Waals surface area contributed by atoms with Gasteiger partial charge in [0.1, 0.15) is 0 Å². The van der Waals surface area contributed by atoms with Crippen LogP contribution in [0, 0.1) is 23.2 Å². The van der Waals surface area contributed by atoms with Crippen molar-refractivity contribution in [3.05, 3.63) is 0 Å². The van der Waals surface area contributed by atoms with Gasteiger partial charge in [0.15, 0.2) is 0 Å². The number of aliphatic hydroxyl groups is 1. The second kappa shape index (κ2) is 3.48. The lowest BCUT2D eigenvalue weighted by atomic mass is 9.65. The van der Waals surface area contributed by atoms with E-state index in [1.807, 2.05) is 0 Å². The minimum Gasteiger partial charge on any atom is -0.389 e. The molecule has 0 saturated heterocycles. The Morgan fingerprint density at radius 2 is 1.73 bits per heavy atom. The van der Waals surface area contributed by atoms with Crippen LogP contribution in [0.5, 0.6) is 0 Å². The summed E-state index contributed by atoms with van der Waals surface area (Å²) >= 11 is 0. The van der Waals surface area contributed by atoms with E-state index in [0.717, 1.165) is 11.8 Å². The first-order valence-electron chi connectivity index (χ1n) is 6.59. The largest absolute Gasteiger partial charge is 0.389 e. The lowest BCUT2D eigenvalue weighted by Gasteiger charge is -2.44. The fraction of sp³-hybridized carbons (Fsp3) is 1.00. The Morgan fingerprint density at radius 3 is 2.20 bits per heavy atom. The number of rotatable bonds is 2. The van der Waals surface area contributed by atoms with E-state index in [9.17, 15) is 5.11 Å². The Morgan fingerprint density at radius 1 is 1.13 bits per heavy atom. The molecule has 2 aliphatic rings. The maximum Gasteiger partial charge on any atom is 0.0701 e. The molecule has 1 N–H and O–H groups in total. The molecule has 2 aliphatic carbocycles. The third-order valence-corrected chi connectivity index (χ3v) is 5.62. The van der Waals surface area contributed by atoms with Crippen LogP contribution in [0.4, 0.5) is 0 Å². The third kappa shape index (κ3) is 1.84. The van der Waals surface area contributed by atoms with Gasteiger partial charge in [-0.25, -0.2) is 0 Å². The second-order valence-electron chi connectivity index (χ2n) is 6.67. The normalized spacial score (nSPS) is 43.4. The van der Waals surface area contributed by atoms with Crippen LogP contribution >= 0.6 is 0 Å². The molecule has 2 fully saturated rings. The smallest absolute Gasteiger partial charge is 0.0701 e. The van der Waals surface area contributed by atoms with Gasteiger partial charge < -0.3 is 5.11 Å². The van der Waals surface area contributed by atoms with E-state index in [-0.39, 0.29) is 5.41 Å². The molecule has 0 heterocycles. The first-order valence-corrected chi connectivity index (χ1v) is 6.59. The van der Waals surface area contributed by atoms with Crippen molar-refractivity contribution in [3.8, 4) is 0 Å².